The van der Waals surface area contributed by atoms with Crippen molar-refractivity contribution in [3.8, 4) is 5.75 Å². The maximum Gasteiger partial charge on any atom is 0.263 e. The zero-order valence-corrected chi connectivity index (χ0v) is 9.97. The van der Waals surface area contributed by atoms with Gasteiger partial charge in [-0.1, -0.05) is 12.1 Å². The van der Waals surface area contributed by atoms with Crippen LogP contribution in [0.2, 0.25) is 0 Å². The van der Waals surface area contributed by atoms with Gasteiger partial charge in [0.2, 0.25) is 0 Å². The number of amides is 1. The second-order valence-corrected chi connectivity index (χ2v) is 4.21. The van der Waals surface area contributed by atoms with Gasteiger partial charge in [0.25, 0.3) is 5.91 Å². The molecular formula is C13H15NO3. The first-order chi connectivity index (χ1) is 8.09. The number of Topliss-reactive ketones (excluding diaryl/α,β-unsaturated/α-hetero) is 1. The minimum atomic E-state index is -0.458. The van der Waals surface area contributed by atoms with Gasteiger partial charge in [0, 0.05) is 20.0 Å². The van der Waals surface area contributed by atoms with Crippen LogP contribution in [0.25, 0.3) is 0 Å². The van der Waals surface area contributed by atoms with Crippen LogP contribution in [-0.2, 0) is 4.79 Å². The van der Waals surface area contributed by atoms with Gasteiger partial charge in [-0.25, -0.2) is 0 Å². The molecule has 1 amide bonds. The Kier molecular flexibility index (Phi) is 3.13. The van der Waals surface area contributed by atoms with Gasteiger partial charge in [-0.3, -0.25) is 9.59 Å². The number of likely N-dealkylation sites (N-methyl/N-ethyl adjacent to an activating group) is 1. The molecule has 0 bridgehead atoms. The van der Waals surface area contributed by atoms with Gasteiger partial charge in [0.15, 0.2) is 11.9 Å². The molecule has 17 heavy (non-hydrogen) atoms. The highest BCUT2D eigenvalue weighted by atomic mass is 16.5. The lowest BCUT2D eigenvalue weighted by Crippen LogP contribution is -2.29. The summed E-state index contributed by atoms with van der Waals surface area (Å²) in [6.45, 7) is 2.19. The standard InChI is InChI=1S/C13H15NO3/c1-9(15)10-5-3-4-6-11(10)17-12-7-8-14(2)13(12)16/h3-6,12H,7-8H2,1-2H3. The van der Waals surface area contributed by atoms with E-state index in [1.165, 1.54) is 6.92 Å². The number of hydrogen-bond acceptors (Lipinski definition) is 3. The van der Waals surface area contributed by atoms with E-state index in [4.69, 9.17) is 4.74 Å². The van der Waals surface area contributed by atoms with Crippen molar-refractivity contribution in [3.05, 3.63) is 29.8 Å². The average Bonchev–Trinajstić information content (AvgIpc) is 2.61. The molecule has 4 nitrogen and oxygen atoms in total. The monoisotopic (exact) mass is 233 g/mol. The smallest absolute Gasteiger partial charge is 0.263 e. The number of carbonyl (C=O) groups is 2. The molecule has 4 heteroatoms. The lowest BCUT2D eigenvalue weighted by molar-refractivity contribution is -0.132. The predicted molar refractivity (Wildman–Crippen MR) is 63.1 cm³/mol. The normalized spacial score (nSPS) is 19.5. The van der Waals surface area contributed by atoms with Crippen LogP contribution < -0.4 is 4.74 Å². The largest absolute Gasteiger partial charge is 0.480 e. The van der Waals surface area contributed by atoms with Crippen molar-refractivity contribution in [2.45, 2.75) is 19.4 Å². The third kappa shape index (κ3) is 2.30. The van der Waals surface area contributed by atoms with E-state index >= 15 is 0 Å². The van der Waals surface area contributed by atoms with Crippen molar-refractivity contribution in [1.29, 1.82) is 0 Å². The molecule has 0 aliphatic carbocycles. The summed E-state index contributed by atoms with van der Waals surface area (Å²) in [5.74, 6) is 0.413. The Morgan fingerprint density at radius 2 is 2.12 bits per heavy atom. The molecule has 0 aromatic heterocycles. The number of likely N-dealkylation sites (tertiary alicyclic amines) is 1. The summed E-state index contributed by atoms with van der Waals surface area (Å²) in [4.78, 5) is 24.8. The Labute approximate surface area is 100 Å². The van der Waals surface area contributed by atoms with Crippen molar-refractivity contribution in [3.63, 3.8) is 0 Å². The highest BCUT2D eigenvalue weighted by molar-refractivity contribution is 5.97. The highest BCUT2D eigenvalue weighted by Gasteiger charge is 2.31. The Morgan fingerprint density at radius 1 is 1.41 bits per heavy atom. The van der Waals surface area contributed by atoms with E-state index in [1.807, 2.05) is 0 Å². The Bertz CT molecular complexity index is 456. The molecule has 2 rings (SSSR count). The zero-order chi connectivity index (χ0) is 12.4. The second-order valence-electron chi connectivity index (χ2n) is 4.21. The lowest BCUT2D eigenvalue weighted by atomic mass is 10.1. The fraction of sp³-hybridized carbons (Fsp3) is 0.385. The van der Waals surface area contributed by atoms with Gasteiger partial charge in [0.1, 0.15) is 5.75 Å². The number of carbonyl (C=O) groups excluding carboxylic acids is 2. The molecule has 1 unspecified atom stereocenters. The Morgan fingerprint density at radius 3 is 2.71 bits per heavy atom. The fourth-order valence-electron chi connectivity index (χ4n) is 1.91. The van der Waals surface area contributed by atoms with E-state index in [0.29, 0.717) is 24.3 Å². The first-order valence-corrected chi connectivity index (χ1v) is 5.61. The third-order valence-electron chi connectivity index (χ3n) is 2.91. The van der Waals surface area contributed by atoms with Crippen molar-refractivity contribution >= 4 is 11.7 Å². The van der Waals surface area contributed by atoms with Crippen molar-refractivity contribution in [1.82, 2.24) is 4.90 Å². The fourth-order valence-corrected chi connectivity index (χ4v) is 1.91. The molecule has 1 fully saturated rings. The van der Waals surface area contributed by atoms with Crippen LogP contribution >= 0.6 is 0 Å². The van der Waals surface area contributed by atoms with Gasteiger partial charge < -0.3 is 9.64 Å². The van der Waals surface area contributed by atoms with E-state index in [1.54, 1.807) is 36.2 Å². The Balaban J connectivity index is 2.19. The minimum Gasteiger partial charge on any atom is -0.480 e. The van der Waals surface area contributed by atoms with Crippen LogP contribution in [-0.4, -0.2) is 36.3 Å². The summed E-state index contributed by atoms with van der Waals surface area (Å²) < 4.78 is 5.64. The minimum absolute atomic E-state index is 0.0247. The van der Waals surface area contributed by atoms with Crippen LogP contribution in [0.3, 0.4) is 0 Å². The summed E-state index contributed by atoms with van der Waals surface area (Å²) in [6, 6.07) is 7.01. The van der Waals surface area contributed by atoms with Crippen molar-refractivity contribution in [2.24, 2.45) is 0 Å². The zero-order valence-electron chi connectivity index (χ0n) is 9.97. The topological polar surface area (TPSA) is 46.6 Å². The molecule has 0 spiro atoms. The van der Waals surface area contributed by atoms with Crippen LogP contribution in [0.15, 0.2) is 24.3 Å². The summed E-state index contributed by atoms with van der Waals surface area (Å²) in [6.07, 6.45) is 0.210. The first kappa shape index (κ1) is 11.6. The third-order valence-corrected chi connectivity index (χ3v) is 2.91. The summed E-state index contributed by atoms with van der Waals surface area (Å²) in [5.41, 5.74) is 0.523. The van der Waals surface area contributed by atoms with Gasteiger partial charge in [0.05, 0.1) is 5.56 Å². The molecule has 0 N–H and O–H groups in total. The van der Waals surface area contributed by atoms with E-state index in [-0.39, 0.29) is 11.7 Å². The molecule has 1 atom stereocenters. The summed E-state index contributed by atoms with van der Waals surface area (Å²) in [5, 5.41) is 0. The quantitative estimate of drug-likeness (QED) is 0.743. The van der Waals surface area contributed by atoms with Gasteiger partial charge in [-0.05, 0) is 19.1 Å². The molecule has 1 aromatic rings. The van der Waals surface area contributed by atoms with E-state index in [2.05, 4.69) is 0 Å². The number of hydrogen-bond donors (Lipinski definition) is 0. The molecule has 1 aliphatic heterocycles. The SMILES string of the molecule is CC(=O)c1ccccc1OC1CCN(C)C1=O. The van der Waals surface area contributed by atoms with Gasteiger partial charge >= 0.3 is 0 Å². The number of benzene rings is 1. The number of nitrogens with zero attached hydrogens (tertiary/aromatic N) is 1. The van der Waals surface area contributed by atoms with Crippen LogP contribution in [0.1, 0.15) is 23.7 Å². The first-order valence-electron chi connectivity index (χ1n) is 5.61. The van der Waals surface area contributed by atoms with E-state index < -0.39 is 6.10 Å². The summed E-state index contributed by atoms with van der Waals surface area (Å²) in [7, 11) is 1.75. The van der Waals surface area contributed by atoms with Crippen molar-refractivity contribution in [2.75, 3.05) is 13.6 Å². The van der Waals surface area contributed by atoms with E-state index in [9.17, 15) is 9.59 Å². The molecule has 1 saturated heterocycles. The van der Waals surface area contributed by atoms with Crippen LogP contribution in [0.4, 0.5) is 0 Å². The maximum absolute atomic E-state index is 11.7. The van der Waals surface area contributed by atoms with Crippen molar-refractivity contribution < 1.29 is 14.3 Å². The van der Waals surface area contributed by atoms with Crippen LogP contribution in [0, 0.1) is 0 Å². The number of rotatable bonds is 3. The molecule has 1 aromatic carbocycles. The maximum atomic E-state index is 11.7. The molecule has 0 radical (unpaired) electrons. The highest BCUT2D eigenvalue weighted by Crippen LogP contribution is 2.23. The second kappa shape index (κ2) is 4.57. The number of ketones is 1. The molecule has 90 valence electrons. The number of ether oxygens (including phenoxy) is 1. The molecular weight excluding hydrogens is 218 g/mol. The summed E-state index contributed by atoms with van der Waals surface area (Å²) >= 11 is 0. The van der Waals surface area contributed by atoms with Crippen LogP contribution in [0.5, 0.6) is 5.75 Å². The molecule has 1 aliphatic rings. The number of para-hydroxylation sites is 1. The lowest BCUT2D eigenvalue weighted by Gasteiger charge is -2.14. The molecule has 0 saturated carbocycles. The average molecular weight is 233 g/mol. The Hall–Kier alpha value is -1.84. The van der Waals surface area contributed by atoms with Gasteiger partial charge in [-0.15, -0.1) is 0 Å². The molecule has 1 heterocycles. The predicted octanol–water partition coefficient (Wildman–Crippen LogP) is 1.50. The van der Waals surface area contributed by atoms with E-state index in [0.717, 1.165) is 0 Å². The van der Waals surface area contributed by atoms with Gasteiger partial charge in [-0.2, -0.15) is 0 Å².